The molecule has 2 aromatic rings. The molecule has 0 aliphatic heterocycles. The molecule has 0 saturated carbocycles. The molecule has 0 heterocycles. The van der Waals surface area contributed by atoms with E-state index in [1.54, 1.807) is 18.2 Å². The molecule has 0 radical (unpaired) electrons. The summed E-state index contributed by atoms with van der Waals surface area (Å²) < 4.78 is 23.8. The zero-order valence-corrected chi connectivity index (χ0v) is 14.8. The summed E-state index contributed by atoms with van der Waals surface area (Å²) in [7, 11) is 0. The first-order chi connectivity index (χ1) is 12.0. The van der Waals surface area contributed by atoms with Crippen molar-refractivity contribution in [2.75, 3.05) is 18.5 Å². The highest BCUT2D eigenvalue weighted by molar-refractivity contribution is 7.80. The molecule has 5 nitrogen and oxygen atoms in total. The van der Waals surface area contributed by atoms with E-state index in [9.17, 15) is 9.18 Å². The van der Waals surface area contributed by atoms with Crippen molar-refractivity contribution in [3.8, 4) is 11.5 Å². The van der Waals surface area contributed by atoms with Crippen LogP contribution in [0.1, 0.15) is 24.2 Å². The van der Waals surface area contributed by atoms with Gasteiger partial charge in [0, 0.05) is 17.3 Å². The van der Waals surface area contributed by atoms with E-state index in [1.165, 1.54) is 24.3 Å². The number of amides is 1. The Morgan fingerprint density at radius 3 is 2.12 bits per heavy atom. The van der Waals surface area contributed by atoms with Gasteiger partial charge in [-0.3, -0.25) is 10.1 Å². The van der Waals surface area contributed by atoms with Crippen molar-refractivity contribution in [1.29, 1.82) is 0 Å². The molecule has 0 fully saturated rings. The Morgan fingerprint density at radius 2 is 1.60 bits per heavy atom. The molecule has 0 unspecified atom stereocenters. The highest BCUT2D eigenvalue weighted by atomic mass is 32.1. The summed E-state index contributed by atoms with van der Waals surface area (Å²) in [6.07, 6.45) is 0. The maximum absolute atomic E-state index is 12.9. The number of hydrogen-bond acceptors (Lipinski definition) is 4. The highest BCUT2D eigenvalue weighted by Crippen LogP contribution is 2.23. The second-order valence-electron chi connectivity index (χ2n) is 4.97. The van der Waals surface area contributed by atoms with Gasteiger partial charge in [-0.15, -0.1) is 0 Å². The normalized spacial score (nSPS) is 10.0. The number of carbonyl (C=O) groups excluding carboxylic acids is 1. The van der Waals surface area contributed by atoms with E-state index in [2.05, 4.69) is 10.6 Å². The molecule has 1 amide bonds. The van der Waals surface area contributed by atoms with Crippen molar-refractivity contribution in [2.45, 2.75) is 13.8 Å². The molecule has 0 aromatic heterocycles. The van der Waals surface area contributed by atoms with Crippen LogP contribution in [0.5, 0.6) is 11.5 Å². The lowest BCUT2D eigenvalue weighted by Gasteiger charge is -2.12. The largest absolute Gasteiger partial charge is 0.494 e. The average Bonchev–Trinajstić information content (AvgIpc) is 2.57. The van der Waals surface area contributed by atoms with Gasteiger partial charge >= 0.3 is 0 Å². The fourth-order valence-corrected chi connectivity index (χ4v) is 2.28. The SMILES string of the molecule is CCOc1cc(OCC)cc(C(=O)NC(=S)Nc2ccc(F)cc2)c1. The number of hydrogen-bond donors (Lipinski definition) is 2. The molecule has 0 spiro atoms. The minimum atomic E-state index is -0.401. The Morgan fingerprint density at radius 1 is 1.04 bits per heavy atom. The van der Waals surface area contributed by atoms with E-state index >= 15 is 0 Å². The van der Waals surface area contributed by atoms with Crippen LogP contribution in [-0.2, 0) is 0 Å². The van der Waals surface area contributed by atoms with E-state index < -0.39 is 5.91 Å². The summed E-state index contributed by atoms with van der Waals surface area (Å²) in [5.41, 5.74) is 0.933. The summed E-state index contributed by atoms with van der Waals surface area (Å²) >= 11 is 5.11. The minimum absolute atomic E-state index is 0.108. The van der Waals surface area contributed by atoms with Gasteiger partial charge in [0.15, 0.2) is 5.11 Å². The molecule has 2 N–H and O–H groups in total. The molecule has 25 heavy (non-hydrogen) atoms. The van der Waals surface area contributed by atoms with Gasteiger partial charge in [-0.2, -0.15) is 0 Å². The molecule has 7 heteroatoms. The first-order valence-electron chi connectivity index (χ1n) is 7.80. The molecule has 0 aliphatic carbocycles. The van der Waals surface area contributed by atoms with Crippen LogP contribution in [0.3, 0.4) is 0 Å². The third-order valence-electron chi connectivity index (χ3n) is 3.09. The maximum atomic E-state index is 12.9. The van der Waals surface area contributed by atoms with Crippen molar-refractivity contribution in [3.05, 3.63) is 53.8 Å². The van der Waals surface area contributed by atoms with Gasteiger partial charge in [0.1, 0.15) is 17.3 Å². The van der Waals surface area contributed by atoms with Crippen LogP contribution in [0.25, 0.3) is 0 Å². The number of halogens is 1. The Kier molecular flexibility index (Phi) is 6.71. The van der Waals surface area contributed by atoms with Crippen LogP contribution in [0.2, 0.25) is 0 Å². The second kappa shape index (κ2) is 8.98. The van der Waals surface area contributed by atoms with E-state index in [4.69, 9.17) is 21.7 Å². The average molecular weight is 362 g/mol. The molecular formula is C18H19FN2O3S. The number of benzene rings is 2. The molecule has 0 aliphatic rings. The van der Waals surface area contributed by atoms with Gasteiger partial charge < -0.3 is 14.8 Å². The quantitative estimate of drug-likeness (QED) is 0.767. The van der Waals surface area contributed by atoms with Gasteiger partial charge in [-0.1, -0.05) is 0 Å². The third-order valence-corrected chi connectivity index (χ3v) is 3.30. The van der Waals surface area contributed by atoms with Gasteiger partial charge in [0.2, 0.25) is 0 Å². The van der Waals surface area contributed by atoms with Gasteiger partial charge in [0.05, 0.1) is 13.2 Å². The number of anilines is 1. The summed E-state index contributed by atoms with van der Waals surface area (Å²) in [5, 5.41) is 5.50. The third kappa shape index (κ3) is 5.72. The van der Waals surface area contributed by atoms with E-state index in [0.717, 1.165) is 0 Å². The van der Waals surface area contributed by atoms with Crippen molar-refractivity contribution in [2.24, 2.45) is 0 Å². The fraction of sp³-hybridized carbons (Fsp3) is 0.222. The van der Waals surface area contributed by atoms with Gasteiger partial charge in [0.25, 0.3) is 5.91 Å². The first-order valence-corrected chi connectivity index (χ1v) is 8.21. The van der Waals surface area contributed by atoms with Crippen molar-refractivity contribution in [3.63, 3.8) is 0 Å². The van der Waals surface area contributed by atoms with Crippen LogP contribution < -0.4 is 20.1 Å². The van der Waals surface area contributed by atoms with Gasteiger partial charge in [-0.05, 0) is 62.5 Å². The van der Waals surface area contributed by atoms with Crippen molar-refractivity contribution >= 4 is 28.9 Å². The molecule has 2 aromatic carbocycles. The van der Waals surface area contributed by atoms with Crippen LogP contribution >= 0.6 is 12.2 Å². The number of thiocarbonyl (C=S) groups is 1. The van der Waals surface area contributed by atoms with Crippen molar-refractivity contribution in [1.82, 2.24) is 5.32 Å². The van der Waals surface area contributed by atoms with Gasteiger partial charge in [-0.25, -0.2) is 4.39 Å². The molecule has 0 atom stereocenters. The van der Waals surface area contributed by atoms with E-state index in [0.29, 0.717) is 36.0 Å². The Bertz CT molecular complexity index is 726. The predicted octanol–water partition coefficient (Wildman–Crippen LogP) is 3.75. The monoisotopic (exact) mass is 362 g/mol. The smallest absolute Gasteiger partial charge is 0.257 e. The highest BCUT2D eigenvalue weighted by Gasteiger charge is 2.12. The fourth-order valence-electron chi connectivity index (χ4n) is 2.07. The standard InChI is InChI=1S/C18H19FN2O3S/c1-3-23-15-9-12(10-16(11-15)24-4-2)17(22)21-18(25)20-14-7-5-13(19)6-8-14/h5-11H,3-4H2,1-2H3,(H2,20,21,22,25). The Balaban J connectivity index is 2.08. The minimum Gasteiger partial charge on any atom is -0.494 e. The molecule has 2 rings (SSSR count). The number of ether oxygens (including phenoxy) is 2. The molecular weight excluding hydrogens is 343 g/mol. The lowest BCUT2D eigenvalue weighted by Crippen LogP contribution is -2.34. The topological polar surface area (TPSA) is 59.6 Å². The molecule has 0 bridgehead atoms. The van der Waals surface area contributed by atoms with Crippen LogP contribution in [0.15, 0.2) is 42.5 Å². The van der Waals surface area contributed by atoms with Crippen molar-refractivity contribution < 1.29 is 18.7 Å². The summed E-state index contributed by atoms with van der Waals surface area (Å²) in [5.74, 6) is 0.325. The molecule has 132 valence electrons. The Hall–Kier alpha value is -2.67. The van der Waals surface area contributed by atoms with Crippen LogP contribution in [-0.4, -0.2) is 24.2 Å². The summed E-state index contributed by atoms with van der Waals surface area (Å²) in [4.78, 5) is 12.4. The number of nitrogens with one attached hydrogen (secondary N) is 2. The lowest BCUT2D eigenvalue weighted by atomic mass is 10.2. The predicted molar refractivity (Wildman–Crippen MR) is 98.9 cm³/mol. The Labute approximate surface area is 151 Å². The first kappa shape index (κ1) is 18.7. The van der Waals surface area contributed by atoms with Crippen LogP contribution in [0, 0.1) is 5.82 Å². The van der Waals surface area contributed by atoms with E-state index in [1.807, 2.05) is 13.8 Å². The second-order valence-corrected chi connectivity index (χ2v) is 5.38. The summed E-state index contributed by atoms with van der Waals surface area (Å²) in [6.45, 7) is 4.66. The lowest BCUT2D eigenvalue weighted by molar-refractivity contribution is 0.0976. The maximum Gasteiger partial charge on any atom is 0.257 e. The number of rotatable bonds is 6. The van der Waals surface area contributed by atoms with Crippen LogP contribution in [0.4, 0.5) is 10.1 Å². The summed E-state index contributed by atoms with van der Waals surface area (Å²) in [6, 6.07) is 10.6. The zero-order chi connectivity index (χ0) is 18.2. The number of carbonyl (C=O) groups is 1. The van der Waals surface area contributed by atoms with E-state index in [-0.39, 0.29) is 10.9 Å². The molecule has 0 saturated heterocycles. The zero-order valence-electron chi connectivity index (χ0n) is 14.0.